The quantitative estimate of drug-likeness (QED) is 0.230. The van der Waals surface area contributed by atoms with Crippen molar-refractivity contribution in [3.63, 3.8) is 0 Å². The molecule has 0 spiro atoms. The summed E-state index contributed by atoms with van der Waals surface area (Å²) in [6.45, 7) is 8.51. The van der Waals surface area contributed by atoms with Gasteiger partial charge in [0.05, 0.1) is 18.9 Å². The number of esters is 1. The third-order valence-corrected chi connectivity index (χ3v) is 6.33. The van der Waals surface area contributed by atoms with Crippen molar-refractivity contribution in [2.75, 3.05) is 31.5 Å². The van der Waals surface area contributed by atoms with Gasteiger partial charge in [0.2, 0.25) is 6.79 Å². The molecule has 0 aliphatic carbocycles. The first-order chi connectivity index (χ1) is 19.6. The van der Waals surface area contributed by atoms with Gasteiger partial charge in [0, 0.05) is 17.9 Å². The van der Waals surface area contributed by atoms with E-state index in [1.807, 2.05) is 62.4 Å². The Kier molecular flexibility index (Phi) is 8.89. The molecule has 1 aliphatic rings. The molecule has 0 amide bonds. The van der Waals surface area contributed by atoms with Crippen LogP contribution in [-0.2, 0) is 23.7 Å². The summed E-state index contributed by atoms with van der Waals surface area (Å²) in [7, 11) is 0. The normalized spacial score (nSPS) is 16.9. The summed E-state index contributed by atoms with van der Waals surface area (Å²) in [5.41, 5.74) is 1.08. The number of aliphatic hydroxyl groups is 1. The number of aromatic nitrogens is 4. The van der Waals surface area contributed by atoms with Gasteiger partial charge in [-0.3, -0.25) is 0 Å². The van der Waals surface area contributed by atoms with Crippen LogP contribution in [0.2, 0.25) is 0 Å². The molecular formula is C28H34N6O7. The van der Waals surface area contributed by atoms with Crippen molar-refractivity contribution in [1.82, 2.24) is 25.9 Å². The van der Waals surface area contributed by atoms with E-state index < -0.39 is 30.2 Å². The molecule has 13 heteroatoms. The largest absolute Gasteiger partial charge is 0.511 e. The van der Waals surface area contributed by atoms with Crippen molar-refractivity contribution >= 4 is 17.8 Å². The molecular weight excluding hydrogens is 532 g/mol. The predicted octanol–water partition coefficient (Wildman–Crippen LogP) is 3.35. The van der Waals surface area contributed by atoms with Gasteiger partial charge in [-0.1, -0.05) is 36.4 Å². The highest BCUT2D eigenvalue weighted by Crippen LogP contribution is 2.40. The van der Waals surface area contributed by atoms with Crippen LogP contribution >= 0.6 is 0 Å². The molecule has 1 aromatic heterocycles. The number of ether oxygens (including phenoxy) is 4. The van der Waals surface area contributed by atoms with Crippen LogP contribution in [0.5, 0.6) is 0 Å². The number of rotatable bonds is 11. The van der Waals surface area contributed by atoms with Crippen LogP contribution in [-0.4, -0.2) is 75.7 Å². The van der Waals surface area contributed by atoms with Crippen LogP contribution < -0.4 is 10.2 Å². The fourth-order valence-corrected chi connectivity index (χ4v) is 4.56. The Labute approximate surface area is 237 Å². The van der Waals surface area contributed by atoms with Gasteiger partial charge in [-0.25, -0.2) is 14.7 Å². The number of carbonyl (C=O) groups is 2. The van der Waals surface area contributed by atoms with Gasteiger partial charge >= 0.3 is 12.1 Å². The van der Waals surface area contributed by atoms with E-state index in [1.54, 1.807) is 25.7 Å². The molecule has 0 bridgehead atoms. The third kappa shape index (κ3) is 6.47. The van der Waals surface area contributed by atoms with E-state index in [4.69, 9.17) is 18.9 Å². The summed E-state index contributed by atoms with van der Waals surface area (Å²) in [5, 5.41) is 28.5. The first-order valence-corrected chi connectivity index (χ1v) is 13.1. The van der Waals surface area contributed by atoms with Crippen LogP contribution in [0.25, 0.3) is 22.5 Å². The number of hydrogen-bond acceptors (Lipinski definition) is 12. The second kappa shape index (κ2) is 12.4. The second-order valence-corrected chi connectivity index (χ2v) is 9.87. The number of carbonyl (C=O) groups excluding carboxylic acids is 2. The van der Waals surface area contributed by atoms with Crippen LogP contribution in [0.3, 0.4) is 0 Å². The number of benzene rings is 2. The first-order valence-electron chi connectivity index (χ1n) is 13.1. The first kappa shape index (κ1) is 29.5. The zero-order valence-corrected chi connectivity index (χ0v) is 23.6. The van der Waals surface area contributed by atoms with Crippen LogP contribution in [0.1, 0.15) is 34.6 Å². The molecule has 13 nitrogen and oxygen atoms in total. The van der Waals surface area contributed by atoms with Gasteiger partial charge in [-0.05, 0) is 68.3 Å². The zero-order valence-electron chi connectivity index (χ0n) is 23.6. The molecule has 1 aliphatic heterocycles. The molecule has 218 valence electrons. The Bertz CT molecular complexity index is 1390. The molecule has 1 atom stereocenters. The third-order valence-electron chi connectivity index (χ3n) is 6.33. The fraction of sp³-hybridized carbons (Fsp3) is 0.393. The lowest BCUT2D eigenvalue weighted by Gasteiger charge is -2.38. The van der Waals surface area contributed by atoms with Gasteiger partial charge in [-0.2, -0.15) is 0 Å². The topological polar surface area (TPSA) is 161 Å². The van der Waals surface area contributed by atoms with Gasteiger partial charge in [0.15, 0.2) is 11.5 Å². The summed E-state index contributed by atoms with van der Waals surface area (Å²) < 4.78 is 20.6. The Morgan fingerprint density at radius 1 is 1.00 bits per heavy atom. The van der Waals surface area contributed by atoms with E-state index >= 15 is 0 Å². The van der Waals surface area contributed by atoms with Crippen molar-refractivity contribution in [3.05, 3.63) is 59.9 Å². The van der Waals surface area contributed by atoms with Crippen LogP contribution in [0, 0.1) is 0 Å². The maximum absolute atomic E-state index is 13.5. The summed E-state index contributed by atoms with van der Waals surface area (Å²) in [6.07, 6.45) is -0.962. The molecule has 0 radical (unpaired) electrons. The number of H-pyrrole nitrogens is 1. The number of nitrogens with one attached hydrogen (secondary N) is 2. The average Bonchev–Trinajstić information content (AvgIpc) is 3.59. The minimum atomic E-state index is -1.46. The fourth-order valence-electron chi connectivity index (χ4n) is 4.56. The summed E-state index contributed by atoms with van der Waals surface area (Å²) in [4.78, 5) is 26.8. The summed E-state index contributed by atoms with van der Waals surface area (Å²) in [6, 6.07) is 15.2. The van der Waals surface area contributed by atoms with E-state index in [2.05, 4.69) is 25.9 Å². The molecule has 1 unspecified atom stereocenters. The molecule has 0 saturated heterocycles. The number of tetrazole rings is 1. The van der Waals surface area contributed by atoms with E-state index in [0.29, 0.717) is 18.1 Å². The van der Waals surface area contributed by atoms with Crippen molar-refractivity contribution in [2.24, 2.45) is 0 Å². The monoisotopic (exact) mass is 566 g/mol. The molecule has 0 saturated carbocycles. The molecule has 3 aromatic rings. The van der Waals surface area contributed by atoms with Gasteiger partial charge < -0.3 is 34.3 Å². The van der Waals surface area contributed by atoms with Crippen molar-refractivity contribution in [2.45, 2.75) is 45.9 Å². The molecule has 0 fully saturated rings. The minimum Gasteiger partial charge on any atom is -0.435 e. The molecule has 41 heavy (non-hydrogen) atoms. The van der Waals surface area contributed by atoms with E-state index in [0.717, 1.165) is 16.7 Å². The van der Waals surface area contributed by atoms with Gasteiger partial charge in [-0.15, -0.1) is 5.10 Å². The highest BCUT2D eigenvalue weighted by molar-refractivity contribution is 5.96. The number of aromatic amines is 1. The van der Waals surface area contributed by atoms with E-state index in [1.165, 1.54) is 0 Å². The van der Waals surface area contributed by atoms with Crippen molar-refractivity contribution < 1.29 is 33.6 Å². The van der Waals surface area contributed by atoms with Crippen molar-refractivity contribution in [1.29, 1.82) is 0 Å². The standard InChI is InChI=1S/C28H34N6O7/c1-6-38-16-28(5)29-23(27(3,4)37)22(25(35)40-17-41-26(36)39-7-2)34(28)19-14-12-18(13-15-19)20-10-8-9-11-21(20)24-30-32-33-31-24/h8-15,29,37H,6-7,16-17H2,1-5H3,(H,30,31,32,33). The smallest absolute Gasteiger partial charge is 0.435 e. The molecule has 2 heterocycles. The lowest BCUT2D eigenvalue weighted by Crippen LogP contribution is -2.55. The van der Waals surface area contributed by atoms with Crippen LogP contribution in [0.15, 0.2) is 59.9 Å². The lowest BCUT2D eigenvalue weighted by molar-refractivity contribution is -0.148. The SMILES string of the molecule is CCOCC1(C)NC(C(C)(C)O)=C(C(=O)OCOC(=O)OCC)N1c1ccc(-c2ccccc2-c2nnn[nH]2)cc1. The van der Waals surface area contributed by atoms with E-state index in [9.17, 15) is 14.7 Å². The highest BCUT2D eigenvalue weighted by atomic mass is 16.8. The molecule has 4 rings (SSSR count). The summed E-state index contributed by atoms with van der Waals surface area (Å²) >= 11 is 0. The molecule has 2 aromatic carbocycles. The zero-order chi connectivity index (χ0) is 29.6. The number of hydrogen-bond donors (Lipinski definition) is 3. The lowest BCUT2D eigenvalue weighted by atomic mass is 9.98. The van der Waals surface area contributed by atoms with E-state index in [-0.39, 0.29) is 24.6 Å². The van der Waals surface area contributed by atoms with Gasteiger partial charge in [0.1, 0.15) is 11.3 Å². The Balaban J connectivity index is 1.72. The Morgan fingerprint density at radius 3 is 2.32 bits per heavy atom. The average molecular weight is 567 g/mol. The summed E-state index contributed by atoms with van der Waals surface area (Å²) in [5.74, 6) is -0.281. The Hall–Kier alpha value is -4.49. The maximum atomic E-state index is 13.5. The maximum Gasteiger partial charge on any atom is 0.511 e. The highest BCUT2D eigenvalue weighted by Gasteiger charge is 2.49. The molecule has 3 N–H and O–H groups in total. The van der Waals surface area contributed by atoms with Gasteiger partial charge in [0.25, 0.3) is 0 Å². The minimum absolute atomic E-state index is 0.0491. The number of anilines is 1. The van der Waals surface area contributed by atoms with Crippen LogP contribution in [0.4, 0.5) is 10.5 Å². The number of nitrogens with zero attached hydrogens (tertiary/aromatic N) is 4. The predicted molar refractivity (Wildman–Crippen MR) is 148 cm³/mol. The second-order valence-electron chi connectivity index (χ2n) is 9.87. The Morgan fingerprint density at radius 2 is 1.71 bits per heavy atom. The van der Waals surface area contributed by atoms with Crippen molar-refractivity contribution in [3.8, 4) is 22.5 Å².